The van der Waals surface area contributed by atoms with Gasteiger partial charge in [0.15, 0.2) is 5.41 Å². The SMILES string of the molecule is CCCN1CC=C2C(C#N)=C(N)C(C#N)(C#N)[C@H](c3ccccc3C(F)(F)F)[C@H]2C1. The van der Waals surface area contributed by atoms with Gasteiger partial charge >= 0.3 is 6.18 Å². The maximum Gasteiger partial charge on any atom is 0.416 e. The normalized spacial score (nSPS) is 23.6. The van der Waals surface area contributed by atoms with Crippen molar-refractivity contribution in [1.29, 1.82) is 15.8 Å². The Kier molecular flexibility index (Phi) is 5.61. The van der Waals surface area contributed by atoms with Gasteiger partial charge in [0.05, 0.1) is 29.0 Å². The zero-order valence-corrected chi connectivity index (χ0v) is 16.4. The highest BCUT2D eigenvalue weighted by Crippen LogP contribution is 2.55. The van der Waals surface area contributed by atoms with Crippen LogP contribution in [0.2, 0.25) is 0 Å². The molecular formula is C22H20F3N5. The molecule has 5 nitrogen and oxygen atoms in total. The lowest BCUT2D eigenvalue weighted by Crippen LogP contribution is -2.48. The van der Waals surface area contributed by atoms with Crippen LogP contribution in [0.15, 0.2) is 47.2 Å². The van der Waals surface area contributed by atoms with Crippen LogP contribution in [0.4, 0.5) is 13.2 Å². The summed E-state index contributed by atoms with van der Waals surface area (Å²) in [6, 6.07) is 10.7. The largest absolute Gasteiger partial charge is 0.416 e. The number of allylic oxidation sites excluding steroid dienone is 2. The van der Waals surface area contributed by atoms with Crippen LogP contribution in [0.25, 0.3) is 0 Å². The van der Waals surface area contributed by atoms with Crippen LogP contribution in [-0.4, -0.2) is 24.5 Å². The van der Waals surface area contributed by atoms with E-state index in [0.717, 1.165) is 12.5 Å². The minimum atomic E-state index is -4.66. The van der Waals surface area contributed by atoms with Crippen LogP contribution >= 0.6 is 0 Å². The number of nitriles is 3. The number of nitrogens with two attached hydrogens (primary N) is 1. The monoisotopic (exact) mass is 411 g/mol. The Labute approximate surface area is 173 Å². The fraction of sp³-hybridized carbons (Fsp3) is 0.409. The van der Waals surface area contributed by atoms with Crippen LogP contribution in [0, 0.1) is 45.3 Å². The molecule has 1 aromatic carbocycles. The molecule has 0 radical (unpaired) electrons. The van der Waals surface area contributed by atoms with Crippen molar-refractivity contribution in [3.05, 3.63) is 58.3 Å². The first-order valence-electron chi connectivity index (χ1n) is 9.56. The molecule has 0 saturated carbocycles. The van der Waals surface area contributed by atoms with Crippen LogP contribution in [-0.2, 0) is 6.18 Å². The molecule has 1 aromatic rings. The maximum absolute atomic E-state index is 13.8. The molecule has 0 spiro atoms. The molecule has 0 bridgehead atoms. The van der Waals surface area contributed by atoms with Crippen molar-refractivity contribution in [2.75, 3.05) is 19.6 Å². The first-order valence-corrected chi connectivity index (χ1v) is 9.56. The third-order valence-corrected chi connectivity index (χ3v) is 5.88. The number of hydrogen-bond acceptors (Lipinski definition) is 5. The predicted molar refractivity (Wildman–Crippen MR) is 103 cm³/mol. The number of alkyl halides is 3. The molecule has 2 aliphatic rings. The number of nitrogens with zero attached hydrogens (tertiary/aromatic N) is 4. The highest BCUT2D eigenvalue weighted by Gasteiger charge is 2.56. The summed E-state index contributed by atoms with van der Waals surface area (Å²) >= 11 is 0. The second-order valence-electron chi connectivity index (χ2n) is 7.52. The van der Waals surface area contributed by atoms with E-state index in [2.05, 4.69) is 0 Å². The van der Waals surface area contributed by atoms with E-state index in [1.165, 1.54) is 18.2 Å². The van der Waals surface area contributed by atoms with E-state index in [4.69, 9.17) is 5.73 Å². The Morgan fingerprint density at radius 2 is 1.87 bits per heavy atom. The van der Waals surface area contributed by atoms with E-state index < -0.39 is 29.0 Å². The fourth-order valence-electron chi connectivity index (χ4n) is 4.61. The van der Waals surface area contributed by atoms with Gasteiger partial charge in [-0.2, -0.15) is 29.0 Å². The quantitative estimate of drug-likeness (QED) is 0.814. The number of fused-ring (bicyclic) bond motifs is 1. The van der Waals surface area contributed by atoms with Crippen molar-refractivity contribution < 1.29 is 13.2 Å². The second kappa shape index (κ2) is 7.86. The lowest BCUT2D eigenvalue weighted by atomic mass is 9.57. The summed E-state index contributed by atoms with van der Waals surface area (Å²) in [6.45, 7) is 3.56. The van der Waals surface area contributed by atoms with Gasteiger partial charge in [-0.25, -0.2) is 0 Å². The molecule has 0 saturated heterocycles. The van der Waals surface area contributed by atoms with Gasteiger partial charge in [0, 0.05) is 24.9 Å². The molecule has 3 rings (SSSR count). The fourth-order valence-corrected chi connectivity index (χ4v) is 4.61. The molecule has 1 aliphatic heterocycles. The van der Waals surface area contributed by atoms with Crippen molar-refractivity contribution >= 4 is 0 Å². The summed E-state index contributed by atoms with van der Waals surface area (Å²) in [5, 5.41) is 29.7. The number of halogens is 3. The van der Waals surface area contributed by atoms with Gasteiger partial charge in [-0.1, -0.05) is 31.2 Å². The van der Waals surface area contributed by atoms with Gasteiger partial charge in [0.2, 0.25) is 0 Å². The number of rotatable bonds is 3. The molecule has 1 aliphatic carbocycles. The van der Waals surface area contributed by atoms with Crippen molar-refractivity contribution in [2.45, 2.75) is 25.4 Å². The topological polar surface area (TPSA) is 101 Å². The Bertz CT molecular complexity index is 1020. The lowest BCUT2D eigenvalue weighted by Gasteiger charge is -2.46. The average Bonchev–Trinajstić information content (AvgIpc) is 2.73. The lowest BCUT2D eigenvalue weighted by molar-refractivity contribution is -0.138. The van der Waals surface area contributed by atoms with Gasteiger partial charge in [-0.3, -0.25) is 4.90 Å². The van der Waals surface area contributed by atoms with E-state index in [1.807, 2.05) is 30.0 Å². The van der Waals surface area contributed by atoms with Crippen molar-refractivity contribution in [2.24, 2.45) is 17.1 Å². The summed E-state index contributed by atoms with van der Waals surface area (Å²) in [4.78, 5) is 2.05. The van der Waals surface area contributed by atoms with Crippen molar-refractivity contribution in [1.82, 2.24) is 4.90 Å². The van der Waals surface area contributed by atoms with E-state index in [9.17, 15) is 29.0 Å². The Morgan fingerprint density at radius 1 is 1.20 bits per heavy atom. The molecule has 30 heavy (non-hydrogen) atoms. The average molecular weight is 411 g/mol. The second-order valence-corrected chi connectivity index (χ2v) is 7.52. The molecular weight excluding hydrogens is 391 g/mol. The molecule has 0 fully saturated rings. The number of hydrogen-bond donors (Lipinski definition) is 1. The van der Waals surface area contributed by atoms with Gasteiger partial charge in [0.25, 0.3) is 0 Å². The Balaban J connectivity index is 2.35. The minimum Gasteiger partial charge on any atom is -0.399 e. The van der Waals surface area contributed by atoms with Crippen molar-refractivity contribution in [3.8, 4) is 18.2 Å². The highest BCUT2D eigenvalue weighted by atomic mass is 19.4. The Hall–Kier alpha value is -3.28. The van der Waals surface area contributed by atoms with Crippen LogP contribution in [0.5, 0.6) is 0 Å². The van der Waals surface area contributed by atoms with Gasteiger partial charge in [-0.15, -0.1) is 0 Å². The molecule has 1 heterocycles. The minimum absolute atomic E-state index is 0.0278. The first kappa shape index (κ1) is 21.4. The van der Waals surface area contributed by atoms with E-state index in [0.29, 0.717) is 25.2 Å². The third-order valence-electron chi connectivity index (χ3n) is 5.88. The molecule has 0 unspecified atom stereocenters. The highest BCUT2D eigenvalue weighted by molar-refractivity contribution is 5.60. The zero-order valence-electron chi connectivity index (χ0n) is 16.4. The summed E-state index contributed by atoms with van der Waals surface area (Å²) in [6.07, 6.45) is -2.04. The molecule has 154 valence electrons. The molecule has 2 atom stereocenters. The van der Waals surface area contributed by atoms with E-state index >= 15 is 0 Å². The third kappa shape index (κ3) is 3.22. The maximum atomic E-state index is 13.8. The first-order chi connectivity index (χ1) is 14.2. The summed E-state index contributed by atoms with van der Waals surface area (Å²) in [5.41, 5.74) is 3.30. The summed E-state index contributed by atoms with van der Waals surface area (Å²) < 4.78 is 41.5. The van der Waals surface area contributed by atoms with E-state index in [1.54, 1.807) is 6.08 Å². The molecule has 0 amide bonds. The van der Waals surface area contributed by atoms with Gasteiger partial charge in [0.1, 0.15) is 6.07 Å². The van der Waals surface area contributed by atoms with Crippen LogP contribution in [0.3, 0.4) is 0 Å². The zero-order chi connectivity index (χ0) is 22.1. The van der Waals surface area contributed by atoms with Crippen LogP contribution in [0.1, 0.15) is 30.4 Å². The molecule has 2 N–H and O–H groups in total. The van der Waals surface area contributed by atoms with E-state index in [-0.39, 0.29) is 16.8 Å². The van der Waals surface area contributed by atoms with Crippen LogP contribution < -0.4 is 5.73 Å². The predicted octanol–water partition coefficient (Wildman–Crippen LogP) is 3.84. The van der Waals surface area contributed by atoms with Gasteiger partial charge in [-0.05, 0) is 30.2 Å². The molecule has 0 aromatic heterocycles. The Morgan fingerprint density at radius 3 is 2.43 bits per heavy atom. The summed E-state index contributed by atoms with van der Waals surface area (Å²) in [7, 11) is 0. The summed E-state index contributed by atoms with van der Waals surface area (Å²) in [5.74, 6) is -1.80. The van der Waals surface area contributed by atoms with Gasteiger partial charge < -0.3 is 5.73 Å². The van der Waals surface area contributed by atoms with Crippen molar-refractivity contribution in [3.63, 3.8) is 0 Å². The standard InChI is InChI=1S/C22H20F3N5/c1-2-8-30-9-7-14-16(10-26)20(29)21(12-27,13-28)19(17(14)11-30)15-5-3-4-6-18(15)22(23,24)25/h3-7,17,19H,2,8-9,11,29H2,1H3/t17-,19+/m0/s1. The number of benzene rings is 1. The molecule has 8 heteroatoms. The smallest absolute Gasteiger partial charge is 0.399 e.